The molecule has 1 aromatic heterocycles. The van der Waals surface area contributed by atoms with Crippen LogP contribution in [-0.4, -0.2) is 43.0 Å². The highest BCUT2D eigenvalue weighted by molar-refractivity contribution is 7.98. The van der Waals surface area contributed by atoms with Gasteiger partial charge in [-0.3, -0.25) is 0 Å². The third-order valence-corrected chi connectivity index (χ3v) is 10.5. The third kappa shape index (κ3) is 7.52. The third-order valence-electron chi connectivity index (χ3n) is 7.67. The van der Waals surface area contributed by atoms with Gasteiger partial charge in [0.15, 0.2) is 0 Å². The number of carbonyl (C=O) groups excluding carboxylic acids is 1. The number of hydrogen-bond acceptors (Lipinski definition) is 7. The van der Waals surface area contributed by atoms with Gasteiger partial charge in [-0.15, -0.1) is 0 Å². The Morgan fingerprint density at radius 1 is 0.896 bits per heavy atom. The molecule has 1 amide bonds. The van der Waals surface area contributed by atoms with Crippen molar-refractivity contribution >= 4 is 55.6 Å². The van der Waals surface area contributed by atoms with Gasteiger partial charge >= 0.3 is 12.1 Å². The lowest BCUT2D eigenvalue weighted by Crippen LogP contribution is -2.44. The Morgan fingerprint density at radius 3 is 2.23 bits per heavy atom. The molecule has 0 saturated carbocycles. The van der Waals surface area contributed by atoms with Gasteiger partial charge in [0, 0.05) is 27.8 Å². The maximum atomic E-state index is 15.3. The van der Waals surface area contributed by atoms with Crippen molar-refractivity contribution in [3.05, 3.63) is 95.8 Å². The van der Waals surface area contributed by atoms with Crippen LogP contribution in [0.3, 0.4) is 0 Å². The topological polar surface area (TPSA) is 123 Å². The lowest BCUT2D eigenvalue weighted by atomic mass is 9.81. The van der Waals surface area contributed by atoms with Crippen LogP contribution in [0.1, 0.15) is 52.7 Å². The molecule has 0 aliphatic rings. The summed E-state index contributed by atoms with van der Waals surface area (Å²) in [5.74, 6) is -2.01. The number of carboxylic acids is 1. The van der Waals surface area contributed by atoms with Gasteiger partial charge in [-0.05, 0) is 73.2 Å². The van der Waals surface area contributed by atoms with Gasteiger partial charge in [-0.25, -0.2) is 22.4 Å². The number of sulfone groups is 1. The fraction of sp³-hybridized carbons (Fsp3) is 0.297. The van der Waals surface area contributed by atoms with Crippen LogP contribution in [0, 0.1) is 5.82 Å². The molecule has 0 aliphatic heterocycles. The van der Waals surface area contributed by atoms with Gasteiger partial charge in [0.05, 0.1) is 9.79 Å². The van der Waals surface area contributed by atoms with E-state index in [1.807, 2.05) is 42.5 Å². The number of thioether (sulfide) groups is 1. The minimum atomic E-state index is -4.14. The Hall–Kier alpha value is -4.35. The van der Waals surface area contributed by atoms with E-state index in [0.717, 1.165) is 45.3 Å². The predicted molar refractivity (Wildman–Crippen MR) is 187 cm³/mol. The van der Waals surface area contributed by atoms with Crippen molar-refractivity contribution in [1.29, 1.82) is 0 Å². The molecule has 0 bridgehead atoms. The molecule has 1 unspecified atom stereocenters. The van der Waals surface area contributed by atoms with Crippen LogP contribution in [0.2, 0.25) is 0 Å². The number of alkyl carbamates (subject to hydrolysis) is 1. The van der Waals surface area contributed by atoms with E-state index >= 15 is 4.39 Å². The molecule has 0 radical (unpaired) electrons. The second-order valence-corrected chi connectivity index (χ2v) is 16.5. The van der Waals surface area contributed by atoms with Gasteiger partial charge in [0.2, 0.25) is 9.84 Å². The van der Waals surface area contributed by atoms with Crippen LogP contribution in [0.4, 0.5) is 9.18 Å². The lowest BCUT2D eigenvalue weighted by molar-refractivity contribution is -0.138. The highest BCUT2D eigenvalue weighted by Gasteiger charge is 2.27. The molecule has 0 spiro atoms. The summed E-state index contributed by atoms with van der Waals surface area (Å²) >= 11 is 1.08. The second-order valence-electron chi connectivity index (χ2n) is 13.5. The van der Waals surface area contributed by atoms with E-state index in [2.05, 4.69) is 26.1 Å². The minimum Gasteiger partial charge on any atom is -0.480 e. The largest absolute Gasteiger partial charge is 0.480 e. The molecule has 0 fully saturated rings. The van der Waals surface area contributed by atoms with Gasteiger partial charge in [0.1, 0.15) is 28.6 Å². The second kappa shape index (κ2) is 13.3. The fourth-order valence-electron chi connectivity index (χ4n) is 5.39. The Bertz CT molecular complexity index is 2130. The van der Waals surface area contributed by atoms with Crippen LogP contribution >= 0.6 is 11.8 Å². The summed E-state index contributed by atoms with van der Waals surface area (Å²) in [6.07, 6.45) is -0.871. The number of ether oxygens (including phenoxy) is 1. The Morgan fingerprint density at radius 2 is 1.56 bits per heavy atom. The monoisotopic (exact) mass is 691 g/mol. The molecule has 0 aliphatic carbocycles. The molecule has 8 nitrogen and oxygen atoms in total. The summed E-state index contributed by atoms with van der Waals surface area (Å²) in [7, 11) is -4.14. The molecule has 5 aromatic rings. The maximum absolute atomic E-state index is 15.3. The number of amides is 1. The molecule has 2 N–H and O–H groups in total. The number of halogens is 1. The Kier molecular flexibility index (Phi) is 9.67. The van der Waals surface area contributed by atoms with E-state index in [4.69, 9.17) is 9.15 Å². The standard InChI is InChI=1S/C37H38FNO7S2/c1-36(2,3)29-17-16-23(18-28(29)27-12-9-11-26-25-10-7-8-13-32(25)45-33(26)27)48(43,44)24-15-14-22(30(38)19-24)20-47-21-31(34(40)41)39-35(42)46-37(4,5)6/h7-19,31H,20-21H2,1-6H3,(H,39,42)(H,40,41). The normalized spacial score (nSPS) is 13.1. The number of benzene rings is 4. The number of furan rings is 1. The number of aliphatic carboxylic acids is 1. The predicted octanol–water partition coefficient (Wildman–Crippen LogP) is 8.73. The molecule has 252 valence electrons. The van der Waals surface area contributed by atoms with Gasteiger partial charge in [-0.1, -0.05) is 69.3 Å². The Balaban J connectivity index is 1.42. The van der Waals surface area contributed by atoms with Crippen molar-refractivity contribution < 1.29 is 36.7 Å². The Labute approximate surface area is 283 Å². The lowest BCUT2D eigenvalue weighted by Gasteiger charge is -2.24. The summed E-state index contributed by atoms with van der Waals surface area (Å²) in [5.41, 5.74) is 2.82. The number of hydrogen-bond donors (Lipinski definition) is 2. The first-order valence-electron chi connectivity index (χ1n) is 15.3. The van der Waals surface area contributed by atoms with Crippen molar-refractivity contribution in [3.63, 3.8) is 0 Å². The van der Waals surface area contributed by atoms with Crippen molar-refractivity contribution in [2.75, 3.05) is 5.75 Å². The number of nitrogens with one attached hydrogen (secondary N) is 1. The number of carboxylic acid groups (broad SMARTS) is 1. The average Bonchev–Trinajstić information content (AvgIpc) is 3.38. The molecule has 48 heavy (non-hydrogen) atoms. The van der Waals surface area contributed by atoms with Crippen LogP contribution in [0.25, 0.3) is 33.1 Å². The fourth-order valence-corrected chi connectivity index (χ4v) is 7.72. The zero-order chi connectivity index (χ0) is 35.0. The molecular formula is C37H38FNO7S2. The SMILES string of the molecule is CC(C)(C)OC(=O)NC(CSCc1ccc(S(=O)(=O)c2ccc(C(C)(C)C)c(-c3cccc4c3oc3ccccc34)c2)cc1F)C(=O)O. The number of fused-ring (bicyclic) bond motifs is 3. The quantitative estimate of drug-likeness (QED) is 0.157. The molecule has 1 atom stereocenters. The van der Waals surface area contributed by atoms with Crippen LogP contribution in [0.15, 0.2) is 93.1 Å². The van der Waals surface area contributed by atoms with Gasteiger partial charge in [-0.2, -0.15) is 11.8 Å². The molecular weight excluding hydrogens is 654 g/mol. The number of rotatable bonds is 9. The summed E-state index contributed by atoms with van der Waals surface area (Å²) < 4.78 is 54.6. The van der Waals surface area contributed by atoms with E-state index in [-0.39, 0.29) is 32.3 Å². The van der Waals surface area contributed by atoms with E-state index < -0.39 is 39.4 Å². The van der Waals surface area contributed by atoms with Crippen molar-refractivity contribution in [2.45, 2.75) is 74.1 Å². The smallest absolute Gasteiger partial charge is 0.408 e. The van der Waals surface area contributed by atoms with Crippen LogP contribution in [-0.2, 0) is 30.5 Å². The van der Waals surface area contributed by atoms with Crippen LogP contribution in [0.5, 0.6) is 0 Å². The van der Waals surface area contributed by atoms with Crippen LogP contribution < -0.4 is 5.32 Å². The molecule has 4 aromatic carbocycles. The molecule has 11 heteroatoms. The first-order valence-corrected chi connectivity index (χ1v) is 18.0. The summed E-state index contributed by atoms with van der Waals surface area (Å²) in [6, 6.07) is 21.0. The van der Waals surface area contributed by atoms with Crippen molar-refractivity contribution in [3.8, 4) is 11.1 Å². The summed E-state index contributed by atoms with van der Waals surface area (Å²) in [6.45, 7) is 11.1. The summed E-state index contributed by atoms with van der Waals surface area (Å²) in [5, 5.41) is 13.7. The van der Waals surface area contributed by atoms with E-state index in [9.17, 15) is 23.1 Å². The average molecular weight is 692 g/mol. The highest BCUT2D eigenvalue weighted by Crippen LogP contribution is 2.41. The molecule has 0 saturated heterocycles. The van der Waals surface area contributed by atoms with Crippen molar-refractivity contribution in [2.24, 2.45) is 0 Å². The highest BCUT2D eigenvalue weighted by atomic mass is 32.2. The van der Waals surface area contributed by atoms with E-state index in [1.54, 1.807) is 39.0 Å². The van der Waals surface area contributed by atoms with E-state index in [0.29, 0.717) is 11.1 Å². The van der Waals surface area contributed by atoms with Gasteiger partial charge in [0.25, 0.3) is 0 Å². The molecule has 1 heterocycles. The molecule has 5 rings (SSSR count). The zero-order valence-electron chi connectivity index (χ0n) is 27.6. The van der Waals surface area contributed by atoms with Gasteiger partial charge < -0.3 is 19.6 Å². The maximum Gasteiger partial charge on any atom is 0.408 e. The first kappa shape index (κ1) is 35.0. The zero-order valence-corrected chi connectivity index (χ0v) is 29.2. The minimum absolute atomic E-state index is 0.0117. The number of carbonyl (C=O) groups is 2. The summed E-state index contributed by atoms with van der Waals surface area (Å²) in [4.78, 5) is 23.5. The van der Waals surface area contributed by atoms with Crippen molar-refractivity contribution in [1.82, 2.24) is 5.32 Å². The van der Waals surface area contributed by atoms with E-state index in [1.165, 1.54) is 12.1 Å². The number of para-hydroxylation sites is 2. The first-order chi connectivity index (χ1) is 22.5.